The Kier molecular flexibility index (Phi) is 7.81. The van der Waals surface area contributed by atoms with E-state index < -0.39 is 36.0 Å². The number of amides is 3. The lowest BCUT2D eigenvalue weighted by Crippen LogP contribution is -2.57. The maximum Gasteiger partial charge on any atom is 0.408 e. The lowest BCUT2D eigenvalue weighted by molar-refractivity contribution is -0.187. The van der Waals surface area contributed by atoms with Gasteiger partial charge in [-0.05, 0) is 62.8 Å². The van der Waals surface area contributed by atoms with Crippen molar-refractivity contribution in [1.29, 1.82) is 0 Å². The van der Waals surface area contributed by atoms with Crippen LogP contribution >= 0.6 is 0 Å². The van der Waals surface area contributed by atoms with Crippen LogP contribution in [0.2, 0.25) is 0 Å². The van der Waals surface area contributed by atoms with Gasteiger partial charge in [0, 0.05) is 32.1 Å². The number of anilines is 1. The van der Waals surface area contributed by atoms with E-state index in [1.54, 1.807) is 17.2 Å². The molecule has 3 amide bonds. The molecule has 1 spiro atoms. The summed E-state index contributed by atoms with van der Waals surface area (Å²) in [6, 6.07) is 0.120. The molecule has 5 aliphatic rings. The summed E-state index contributed by atoms with van der Waals surface area (Å²) in [5.41, 5.74) is 1.73. The van der Waals surface area contributed by atoms with Crippen LogP contribution in [0.25, 0.3) is 0 Å². The van der Waals surface area contributed by atoms with Crippen molar-refractivity contribution >= 4 is 17.8 Å². The van der Waals surface area contributed by atoms with Crippen LogP contribution in [0.4, 0.5) is 23.8 Å². The number of nitrogens with zero attached hydrogens (tertiary/aromatic N) is 3. The van der Waals surface area contributed by atoms with Gasteiger partial charge in [-0.25, -0.2) is 9.78 Å². The van der Waals surface area contributed by atoms with Gasteiger partial charge in [0.15, 0.2) is 5.79 Å². The van der Waals surface area contributed by atoms with E-state index in [2.05, 4.69) is 20.5 Å². The van der Waals surface area contributed by atoms with Crippen molar-refractivity contribution in [1.82, 2.24) is 25.4 Å². The van der Waals surface area contributed by atoms with Crippen molar-refractivity contribution in [3.05, 3.63) is 47.6 Å². The molecule has 3 fully saturated rings. The molecule has 10 nitrogen and oxygen atoms in total. The van der Waals surface area contributed by atoms with Gasteiger partial charge in [-0.1, -0.05) is 12.5 Å². The van der Waals surface area contributed by atoms with Gasteiger partial charge in [-0.15, -0.1) is 0 Å². The van der Waals surface area contributed by atoms with E-state index in [4.69, 9.17) is 9.47 Å². The SMILES string of the molecule is C[C@@H](NC(=O)C1C=CC2=C(N1)N(C(=O)Nc1cc(CCC3COC4(CCCCC4)O3)ccn1)[C@H]1CCN2C1)C(F)(F)F. The Morgan fingerprint density at radius 2 is 2.07 bits per heavy atom. The average molecular weight is 591 g/mol. The minimum absolute atomic E-state index is 0.0352. The minimum Gasteiger partial charge on any atom is -0.366 e. The zero-order valence-electron chi connectivity index (χ0n) is 23.6. The maximum absolute atomic E-state index is 13.6. The summed E-state index contributed by atoms with van der Waals surface area (Å²) in [5.74, 6) is -0.436. The standard InChI is InChI=1S/C29H37F3N6O4/c1-18(29(30,31)32)34-26(39)22-7-8-23-25(35-22)38(20-10-14-37(23)16-20)27(40)36-24-15-19(9-13-33-24)5-6-21-17-41-28(42-21)11-3-2-4-12-28/h7-9,13,15,18,20-22,35H,2-6,10-12,14,16-17H2,1H3,(H,34,39)(H,33,36,40)/t18-,20+,21?,22?/m1/s1. The first-order valence-electron chi connectivity index (χ1n) is 14.8. The van der Waals surface area contributed by atoms with E-state index in [-0.39, 0.29) is 12.1 Å². The Bertz CT molecular complexity index is 1260. The van der Waals surface area contributed by atoms with Gasteiger partial charge in [0.2, 0.25) is 5.91 Å². The van der Waals surface area contributed by atoms with Gasteiger partial charge >= 0.3 is 12.2 Å². The predicted octanol–water partition coefficient (Wildman–Crippen LogP) is 3.78. The molecule has 13 heteroatoms. The molecule has 1 aromatic heterocycles. The number of halogens is 3. The number of nitrogens with one attached hydrogen (secondary N) is 3. The van der Waals surface area contributed by atoms with Crippen LogP contribution < -0.4 is 16.0 Å². The van der Waals surface area contributed by atoms with E-state index in [0.717, 1.165) is 69.7 Å². The van der Waals surface area contributed by atoms with Crippen LogP contribution in [-0.2, 0) is 20.7 Å². The zero-order valence-corrected chi connectivity index (χ0v) is 23.6. The smallest absolute Gasteiger partial charge is 0.366 e. The first-order chi connectivity index (χ1) is 20.1. The van der Waals surface area contributed by atoms with Crippen molar-refractivity contribution in [2.45, 2.75) is 94.5 Å². The lowest BCUT2D eigenvalue weighted by atomic mass is 9.94. The fraction of sp³-hybridized carbons (Fsp3) is 0.621. The van der Waals surface area contributed by atoms with Gasteiger partial charge in [-0.2, -0.15) is 13.2 Å². The van der Waals surface area contributed by atoms with Crippen LogP contribution in [0.5, 0.6) is 0 Å². The number of aromatic nitrogens is 1. The van der Waals surface area contributed by atoms with Crippen LogP contribution in [0, 0.1) is 0 Å². The Balaban J connectivity index is 1.10. The van der Waals surface area contributed by atoms with Gasteiger partial charge in [0.25, 0.3) is 0 Å². The monoisotopic (exact) mass is 590 g/mol. The third-order valence-corrected chi connectivity index (χ3v) is 8.79. The summed E-state index contributed by atoms with van der Waals surface area (Å²) >= 11 is 0. The third kappa shape index (κ3) is 5.94. The number of carbonyl (C=O) groups excluding carboxylic acids is 2. The van der Waals surface area contributed by atoms with Crippen LogP contribution in [-0.4, -0.2) is 82.6 Å². The number of dihydropyridines is 1. The number of hydrogen-bond acceptors (Lipinski definition) is 7. The number of alkyl halides is 3. The number of rotatable bonds is 6. The molecular formula is C29H37F3N6O4. The van der Waals surface area contributed by atoms with Crippen molar-refractivity contribution < 1.29 is 32.2 Å². The highest BCUT2D eigenvalue weighted by atomic mass is 19.4. The number of fused-ring (bicyclic) bond motifs is 3. The normalized spacial score (nSPS) is 27.1. The predicted molar refractivity (Wildman–Crippen MR) is 147 cm³/mol. The second kappa shape index (κ2) is 11.4. The highest BCUT2D eigenvalue weighted by molar-refractivity contribution is 5.91. The fourth-order valence-electron chi connectivity index (χ4n) is 6.45. The zero-order chi connectivity index (χ0) is 29.5. The first-order valence-corrected chi connectivity index (χ1v) is 14.8. The number of hydrogen-bond donors (Lipinski definition) is 3. The molecule has 2 bridgehead atoms. The van der Waals surface area contributed by atoms with Crippen LogP contribution in [0.3, 0.4) is 0 Å². The Morgan fingerprint density at radius 1 is 1.26 bits per heavy atom. The minimum atomic E-state index is -4.56. The molecule has 4 atom stereocenters. The van der Waals surface area contributed by atoms with Gasteiger partial charge in [-0.3, -0.25) is 15.0 Å². The lowest BCUT2D eigenvalue weighted by Gasteiger charge is -2.41. The number of allylic oxidation sites excluding steroid dienone is 1. The van der Waals surface area contributed by atoms with E-state index in [1.165, 1.54) is 12.5 Å². The van der Waals surface area contributed by atoms with Crippen molar-refractivity contribution in [2.24, 2.45) is 0 Å². The molecule has 1 aliphatic carbocycles. The van der Waals surface area contributed by atoms with Gasteiger partial charge in [0.1, 0.15) is 23.7 Å². The fourth-order valence-corrected chi connectivity index (χ4v) is 6.45. The molecular weight excluding hydrogens is 553 g/mol. The molecule has 4 aliphatic heterocycles. The summed E-state index contributed by atoms with van der Waals surface area (Å²) in [6.45, 7) is 2.83. The van der Waals surface area contributed by atoms with E-state index >= 15 is 0 Å². The highest BCUT2D eigenvalue weighted by Gasteiger charge is 2.44. The molecule has 228 valence electrons. The first kappa shape index (κ1) is 28.8. The summed E-state index contributed by atoms with van der Waals surface area (Å²) < 4.78 is 51.4. The number of urea groups is 1. The Labute approximate surface area is 242 Å². The molecule has 2 unspecified atom stereocenters. The Hall–Kier alpha value is -3.32. The summed E-state index contributed by atoms with van der Waals surface area (Å²) in [4.78, 5) is 34.3. The molecule has 0 radical (unpaired) electrons. The summed E-state index contributed by atoms with van der Waals surface area (Å²) in [7, 11) is 0. The molecule has 6 rings (SSSR count). The molecule has 1 saturated carbocycles. The number of pyridine rings is 1. The van der Waals surface area contributed by atoms with Crippen molar-refractivity contribution in [3.63, 3.8) is 0 Å². The molecule has 42 heavy (non-hydrogen) atoms. The number of ether oxygens (including phenoxy) is 2. The Morgan fingerprint density at radius 3 is 2.86 bits per heavy atom. The van der Waals surface area contributed by atoms with Crippen LogP contribution in [0.1, 0.15) is 57.4 Å². The van der Waals surface area contributed by atoms with E-state index in [9.17, 15) is 22.8 Å². The van der Waals surface area contributed by atoms with Gasteiger partial charge < -0.3 is 25.0 Å². The average Bonchev–Trinajstić information content (AvgIpc) is 3.56. The number of aryl methyl sites for hydroxylation is 1. The molecule has 3 N–H and O–H groups in total. The second-order valence-corrected chi connectivity index (χ2v) is 11.8. The van der Waals surface area contributed by atoms with Crippen LogP contribution in [0.15, 0.2) is 42.0 Å². The molecule has 2 saturated heterocycles. The topological polar surface area (TPSA) is 108 Å². The van der Waals surface area contributed by atoms with E-state index in [0.29, 0.717) is 24.8 Å². The quantitative estimate of drug-likeness (QED) is 0.463. The second-order valence-electron chi connectivity index (χ2n) is 11.8. The number of carbonyl (C=O) groups is 2. The third-order valence-electron chi connectivity index (χ3n) is 8.79. The van der Waals surface area contributed by atoms with Gasteiger partial charge in [0.05, 0.1) is 24.4 Å². The summed E-state index contributed by atoms with van der Waals surface area (Å²) in [6.07, 6.45) is 7.99. The highest BCUT2D eigenvalue weighted by Crippen LogP contribution is 2.39. The largest absolute Gasteiger partial charge is 0.408 e. The van der Waals surface area contributed by atoms with Crippen molar-refractivity contribution in [3.8, 4) is 0 Å². The molecule has 0 aromatic carbocycles. The molecule has 1 aromatic rings. The van der Waals surface area contributed by atoms with E-state index in [1.807, 2.05) is 17.4 Å². The summed E-state index contributed by atoms with van der Waals surface area (Å²) in [5, 5.41) is 7.90. The maximum atomic E-state index is 13.6. The van der Waals surface area contributed by atoms with Crippen molar-refractivity contribution in [2.75, 3.05) is 25.0 Å². The molecule has 5 heterocycles.